The lowest BCUT2D eigenvalue weighted by Crippen LogP contribution is -2.30. The van der Waals surface area contributed by atoms with Crippen molar-refractivity contribution >= 4 is 0 Å². The van der Waals surface area contributed by atoms with Crippen LogP contribution in [0, 0.1) is 11.8 Å². The quantitative estimate of drug-likeness (QED) is 0.699. The van der Waals surface area contributed by atoms with Crippen LogP contribution in [0.1, 0.15) is 59.1 Å². The molecule has 0 saturated carbocycles. The lowest BCUT2D eigenvalue weighted by molar-refractivity contribution is 0.302. The van der Waals surface area contributed by atoms with Gasteiger partial charge in [-0.1, -0.05) is 46.8 Å². The molecule has 1 N–H and O–H groups in total. The molecule has 114 valence electrons. The van der Waals surface area contributed by atoms with E-state index in [1.54, 1.807) is 0 Å². The third kappa shape index (κ3) is 5.16. The van der Waals surface area contributed by atoms with E-state index in [1.165, 1.54) is 12.0 Å². The molecule has 1 aromatic carbocycles. The molecule has 0 aliphatic rings. The molecular weight excluding hydrogens is 246 g/mol. The Morgan fingerprint density at radius 3 is 2.15 bits per heavy atom. The van der Waals surface area contributed by atoms with E-state index in [0.29, 0.717) is 17.9 Å². The van der Waals surface area contributed by atoms with Crippen LogP contribution in [-0.4, -0.2) is 13.2 Å². The van der Waals surface area contributed by atoms with E-state index >= 15 is 0 Å². The largest absolute Gasteiger partial charge is 0.494 e. The number of ether oxygens (including phenoxy) is 1. The first kappa shape index (κ1) is 17.0. The molecule has 0 aliphatic heterocycles. The molecule has 0 aliphatic carbocycles. The Bertz CT molecular complexity index is 358. The Morgan fingerprint density at radius 2 is 1.65 bits per heavy atom. The van der Waals surface area contributed by atoms with E-state index < -0.39 is 0 Å². The second-order valence-corrected chi connectivity index (χ2v) is 5.95. The highest BCUT2D eigenvalue weighted by atomic mass is 16.5. The average molecular weight is 277 g/mol. The predicted molar refractivity (Wildman–Crippen MR) is 87.3 cm³/mol. The first-order valence-corrected chi connectivity index (χ1v) is 8.06. The molecule has 0 spiro atoms. The number of hydrogen-bond donors (Lipinski definition) is 1. The second kappa shape index (κ2) is 9.02. The van der Waals surface area contributed by atoms with Gasteiger partial charge in [-0.25, -0.2) is 0 Å². The van der Waals surface area contributed by atoms with Crippen molar-refractivity contribution in [3.05, 3.63) is 29.8 Å². The lowest BCUT2D eigenvalue weighted by Gasteiger charge is -2.28. The number of nitrogens with one attached hydrogen (secondary N) is 1. The van der Waals surface area contributed by atoms with Gasteiger partial charge in [0.15, 0.2) is 0 Å². The molecular formula is C18H31NO. The fraction of sp³-hybridized carbons (Fsp3) is 0.667. The zero-order valence-corrected chi connectivity index (χ0v) is 13.8. The summed E-state index contributed by atoms with van der Waals surface area (Å²) in [5, 5.41) is 3.69. The highest BCUT2D eigenvalue weighted by Gasteiger charge is 2.21. The van der Waals surface area contributed by atoms with Crippen LogP contribution in [-0.2, 0) is 0 Å². The SMILES string of the molecule is CCCNC(c1ccc(OCCC)cc1)C(C)C(C)C. The molecule has 2 unspecified atom stereocenters. The third-order valence-corrected chi connectivity index (χ3v) is 3.90. The van der Waals surface area contributed by atoms with Crippen molar-refractivity contribution in [2.45, 2.75) is 53.5 Å². The maximum absolute atomic E-state index is 5.66. The zero-order valence-electron chi connectivity index (χ0n) is 13.8. The lowest BCUT2D eigenvalue weighted by atomic mass is 9.86. The van der Waals surface area contributed by atoms with Gasteiger partial charge in [-0.05, 0) is 48.9 Å². The predicted octanol–water partition coefficient (Wildman–Crippen LogP) is 4.81. The monoisotopic (exact) mass is 277 g/mol. The summed E-state index contributed by atoms with van der Waals surface area (Å²) in [5.74, 6) is 2.26. The van der Waals surface area contributed by atoms with Crippen LogP contribution in [0.15, 0.2) is 24.3 Å². The summed E-state index contributed by atoms with van der Waals surface area (Å²) in [6, 6.07) is 9.03. The van der Waals surface area contributed by atoms with Crippen molar-refractivity contribution in [3.63, 3.8) is 0 Å². The molecule has 2 nitrogen and oxygen atoms in total. The van der Waals surface area contributed by atoms with Crippen LogP contribution in [0.5, 0.6) is 5.75 Å². The molecule has 0 aromatic heterocycles. The van der Waals surface area contributed by atoms with Crippen molar-refractivity contribution in [2.24, 2.45) is 11.8 Å². The number of rotatable bonds is 9. The van der Waals surface area contributed by atoms with E-state index in [1.807, 2.05) is 0 Å². The van der Waals surface area contributed by atoms with E-state index in [4.69, 9.17) is 4.74 Å². The van der Waals surface area contributed by atoms with Gasteiger partial charge in [0.2, 0.25) is 0 Å². The molecule has 20 heavy (non-hydrogen) atoms. The van der Waals surface area contributed by atoms with E-state index in [0.717, 1.165) is 25.3 Å². The first-order valence-electron chi connectivity index (χ1n) is 8.06. The van der Waals surface area contributed by atoms with Gasteiger partial charge in [-0.15, -0.1) is 0 Å². The fourth-order valence-corrected chi connectivity index (χ4v) is 2.28. The van der Waals surface area contributed by atoms with Gasteiger partial charge in [-0.3, -0.25) is 0 Å². The van der Waals surface area contributed by atoms with Gasteiger partial charge in [-0.2, -0.15) is 0 Å². The fourth-order valence-electron chi connectivity index (χ4n) is 2.28. The van der Waals surface area contributed by atoms with Gasteiger partial charge < -0.3 is 10.1 Å². The molecule has 1 aromatic rings. The van der Waals surface area contributed by atoms with Crippen LogP contribution in [0.4, 0.5) is 0 Å². The van der Waals surface area contributed by atoms with Crippen molar-refractivity contribution in [3.8, 4) is 5.75 Å². The summed E-state index contributed by atoms with van der Waals surface area (Å²) in [6.07, 6.45) is 2.21. The summed E-state index contributed by atoms with van der Waals surface area (Å²) >= 11 is 0. The van der Waals surface area contributed by atoms with E-state index in [2.05, 4.69) is 64.2 Å². The van der Waals surface area contributed by atoms with Crippen LogP contribution in [0.25, 0.3) is 0 Å². The van der Waals surface area contributed by atoms with Crippen molar-refractivity contribution in [1.82, 2.24) is 5.32 Å². The minimum Gasteiger partial charge on any atom is -0.494 e. The molecule has 1 rings (SSSR count). The average Bonchev–Trinajstić information content (AvgIpc) is 2.46. The first-order chi connectivity index (χ1) is 9.60. The number of benzene rings is 1. The minimum atomic E-state index is 0.426. The molecule has 0 saturated heterocycles. The summed E-state index contributed by atoms with van der Waals surface area (Å²) in [4.78, 5) is 0. The van der Waals surface area contributed by atoms with Gasteiger partial charge in [0.1, 0.15) is 5.75 Å². The van der Waals surface area contributed by atoms with Crippen molar-refractivity contribution in [2.75, 3.05) is 13.2 Å². The second-order valence-electron chi connectivity index (χ2n) is 5.95. The van der Waals surface area contributed by atoms with Gasteiger partial charge >= 0.3 is 0 Å². The van der Waals surface area contributed by atoms with Crippen LogP contribution >= 0.6 is 0 Å². The van der Waals surface area contributed by atoms with Crippen LogP contribution in [0.2, 0.25) is 0 Å². The molecule has 0 bridgehead atoms. The Morgan fingerprint density at radius 1 is 1.00 bits per heavy atom. The van der Waals surface area contributed by atoms with Crippen molar-refractivity contribution < 1.29 is 4.74 Å². The molecule has 0 amide bonds. The molecule has 0 heterocycles. The topological polar surface area (TPSA) is 21.3 Å². The smallest absolute Gasteiger partial charge is 0.119 e. The summed E-state index contributed by atoms with van der Waals surface area (Å²) in [7, 11) is 0. The highest BCUT2D eigenvalue weighted by molar-refractivity contribution is 5.29. The minimum absolute atomic E-state index is 0.426. The molecule has 2 heteroatoms. The standard InChI is InChI=1S/C18H31NO/c1-6-12-19-18(15(5)14(3)4)16-8-10-17(11-9-16)20-13-7-2/h8-11,14-15,18-19H,6-7,12-13H2,1-5H3. The van der Waals surface area contributed by atoms with Gasteiger partial charge in [0, 0.05) is 6.04 Å². The Balaban J connectivity index is 2.79. The third-order valence-electron chi connectivity index (χ3n) is 3.90. The number of hydrogen-bond acceptors (Lipinski definition) is 2. The van der Waals surface area contributed by atoms with E-state index in [-0.39, 0.29) is 0 Å². The Hall–Kier alpha value is -1.02. The molecule has 0 radical (unpaired) electrons. The van der Waals surface area contributed by atoms with E-state index in [9.17, 15) is 0 Å². The van der Waals surface area contributed by atoms with Gasteiger partial charge in [0.05, 0.1) is 6.61 Å². The zero-order chi connectivity index (χ0) is 15.0. The van der Waals surface area contributed by atoms with Gasteiger partial charge in [0.25, 0.3) is 0 Å². The van der Waals surface area contributed by atoms with Crippen LogP contribution < -0.4 is 10.1 Å². The normalized spacial score (nSPS) is 14.3. The Labute approximate surface area is 124 Å². The Kier molecular flexibility index (Phi) is 7.68. The maximum atomic E-state index is 5.66. The van der Waals surface area contributed by atoms with Crippen molar-refractivity contribution in [1.29, 1.82) is 0 Å². The summed E-state index contributed by atoms with van der Waals surface area (Å²) in [6.45, 7) is 13.1. The highest BCUT2D eigenvalue weighted by Crippen LogP contribution is 2.29. The summed E-state index contributed by atoms with van der Waals surface area (Å²) < 4.78 is 5.66. The summed E-state index contributed by atoms with van der Waals surface area (Å²) in [5.41, 5.74) is 1.36. The molecule has 2 atom stereocenters. The maximum Gasteiger partial charge on any atom is 0.119 e. The van der Waals surface area contributed by atoms with Crippen LogP contribution in [0.3, 0.4) is 0 Å². The molecule has 0 fully saturated rings.